The fraction of sp³-hybridized carbons (Fsp3) is 0.389. The predicted octanol–water partition coefficient (Wildman–Crippen LogP) is 2.44. The van der Waals surface area contributed by atoms with Crippen LogP contribution in [0.5, 0.6) is 0 Å². The van der Waals surface area contributed by atoms with Crippen LogP contribution in [-0.2, 0) is 6.54 Å². The van der Waals surface area contributed by atoms with E-state index in [2.05, 4.69) is 50.0 Å². The monoisotopic (exact) mass is 325 g/mol. The number of hydrogen-bond acceptors (Lipinski definition) is 5. The highest BCUT2D eigenvalue weighted by Gasteiger charge is 2.14. The van der Waals surface area contributed by atoms with Crippen molar-refractivity contribution in [2.75, 3.05) is 30.4 Å². The van der Waals surface area contributed by atoms with E-state index in [9.17, 15) is 4.79 Å². The van der Waals surface area contributed by atoms with Gasteiger partial charge in [-0.2, -0.15) is 0 Å². The Kier molecular flexibility index (Phi) is 5.25. The van der Waals surface area contributed by atoms with Gasteiger partial charge in [-0.1, -0.05) is 18.2 Å². The molecule has 0 atom stereocenters. The van der Waals surface area contributed by atoms with Gasteiger partial charge >= 0.3 is 0 Å². The molecule has 1 amide bonds. The standard InChI is InChI=1S/C18H23N5O/c1-19-18(24)15-9-10-17(22-21-15)20-13-14-7-3-4-8-16(14)23-11-5-2-6-12-23/h3-4,7-10H,2,5-6,11-13H2,1H3,(H,19,24)(H,20,22). The Labute approximate surface area is 142 Å². The lowest BCUT2D eigenvalue weighted by molar-refractivity contribution is 0.0957. The van der Waals surface area contributed by atoms with Gasteiger partial charge in [-0.25, -0.2) is 0 Å². The first-order valence-corrected chi connectivity index (χ1v) is 8.40. The van der Waals surface area contributed by atoms with Crippen LogP contribution >= 0.6 is 0 Å². The van der Waals surface area contributed by atoms with E-state index >= 15 is 0 Å². The summed E-state index contributed by atoms with van der Waals surface area (Å²) in [5.41, 5.74) is 2.85. The molecule has 2 aromatic rings. The van der Waals surface area contributed by atoms with Crippen LogP contribution in [0.15, 0.2) is 36.4 Å². The molecular formula is C18H23N5O. The van der Waals surface area contributed by atoms with Crippen LogP contribution in [-0.4, -0.2) is 36.2 Å². The molecule has 0 unspecified atom stereocenters. The number of para-hydroxylation sites is 1. The van der Waals surface area contributed by atoms with E-state index in [1.165, 1.54) is 30.5 Å². The van der Waals surface area contributed by atoms with E-state index in [4.69, 9.17) is 0 Å². The van der Waals surface area contributed by atoms with Gasteiger partial charge in [-0.15, -0.1) is 10.2 Å². The molecule has 126 valence electrons. The van der Waals surface area contributed by atoms with E-state index in [-0.39, 0.29) is 5.91 Å². The van der Waals surface area contributed by atoms with Gasteiger partial charge in [0.1, 0.15) is 5.82 Å². The van der Waals surface area contributed by atoms with Crippen molar-refractivity contribution >= 4 is 17.4 Å². The third kappa shape index (κ3) is 3.82. The molecule has 3 rings (SSSR count). The zero-order chi connectivity index (χ0) is 16.8. The molecule has 2 N–H and O–H groups in total. The SMILES string of the molecule is CNC(=O)c1ccc(NCc2ccccc2N2CCCCC2)nn1. The van der Waals surface area contributed by atoms with Crippen molar-refractivity contribution in [3.05, 3.63) is 47.7 Å². The number of carbonyl (C=O) groups is 1. The second-order valence-corrected chi connectivity index (χ2v) is 5.91. The van der Waals surface area contributed by atoms with Crippen LogP contribution in [0.1, 0.15) is 35.3 Å². The summed E-state index contributed by atoms with van der Waals surface area (Å²) in [6, 6.07) is 11.9. The number of nitrogens with one attached hydrogen (secondary N) is 2. The first kappa shape index (κ1) is 16.2. The minimum Gasteiger partial charge on any atom is -0.371 e. The zero-order valence-electron chi connectivity index (χ0n) is 14.0. The van der Waals surface area contributed by atoms with E-state index in [0.717, 1.165) is 13.1 Å². The van der Waals surface area contributed by atoms with Crippen LogP contribution < -0.4 is 15.5 Å². The highest BCUT2D eigenvalue weighted by molar-refractivity contribution is 5.91. The molecule has 1 aliphatic heterocycles. The largest absolute Gasteiger partial charge is 0.371 e. The molecule has 24 heavy (non-hydrogen) atoms. The van der Waals surface area contributed by atoms with Crippen molar-refractivity contribution in [3.63, 3.8) is 0 Å². The van der Waals surface area contributed by atoms with Gasteiger partial charge in [-0.05, 0) is 43.0 Å². The second-order valence-electron chi connectivity index (χ2n) is 5.91. The summed E-state index contributed by atoms with van der Waals surface area (Å²) >= 11 is 0. The number of piperidine rings is 1. The fourth-order valence-electron chi connectivity index (χ4n) is 2.97. The zero-order valence-corrected chi connectivity index (χ0v) is 14.0. The molecule has 0 aliphatic carbocycles. The normalized spacial score (nSPS) is 14.3. The smallest absolute Gasteiger partial charge is 0.271 e. The topological polar surface area (TPSA) is 70.2 Å². The van der Waals surface area contributed by atoms with Crippen molar-refractivity contribution in [3.8, 4) is 0 Å². The Morgan fingerprint density at radius 3 is 2.58 bits per heavy atom. The molecule has 1 aromatic heterocycles. The minimum atomic E-state index is -0.232. The Hall–Kier alpha value is -2.63. The van der Waals surface area contributed by atoms with Crippen molar-refractivity contribution in [1.29, 1.82) is 0 Å². The van der Waals surface area contributed by atoms with Crippen LogP contribution in [0.2, 0.25) is 0 Å². The number of aromatic nitrogens is 2. The Balaban J connectivity index is 1.67. The predicted molar refractivity (Wildman–Crippen MR) is 95.3 cm³/mol. The van der Waals surface area contributed by atoms with Crippen LogP contribution in [0, 0.1) is 0 Å². The third-order valence-electron chi connectivity index (χ3n) is 4.27. The number of nitrogens with zero attached hydrogens (tertiary/aromatic N) is 3. The lowest BCUT2D eigenvalue weighted by Crippen LogP contribution is -2.30. The molecule has 0 spiro atoms. The highest BCUT2D eigenvalue weighted by Crippen LogP contribution is 2.24. The van der Waals surface area contributed by atoms with Gasteiger partial charge in [0.05, 0.1) is 0 Å². The van der Waals surface area contributed by atoms with Crippen molar-refractivity contribution in [2.45, 2.75) is 25.8 Å². The third-order valence-corrected chi connectivity index (χ3v) is 4.27. The van der Waals surface area contributed by atoms with Crippen molar-refractivity contribution in [1.82, 2.24) is 15.5 Å². The first-order valence-electron chi connectivity index (χ1n) is 8.40. The molecular weight excluding hydrogens is 302 g/mol. The first-order chi connectivity index (χ1) is 11.8. The Morgan fingerprint density at radius 2 is 1.88 bits per heavy atom. The van der Waals surface area contributed by atoms with Crippen molar-refractivity contribution in [2.24, 2.45) is 0 Å². The van der Waals surface area contributed by atoms with Gasteiger partial charge < -0.3 is 15.5 Å². The van der Waals surface area contributed by atoms with E-state index in [0.29, 0.717) is 18.1 Å². The van der Waals surface area contributed by atoms with Gasteiger partial charge in [0.15, 0.2) is 5.69 Å². The summed E-state index contributed by atoms with van der Waals surface area (Å²) in [6.07, 6.45) is 3.84. The fourth-order valence-corrected chi connectivity index (χ4v) is 2.97. The van der Waals surface area contributed by atoms with Gasteiger partial charge in [0, 0.05) is 32.4 Å². The molecule has 6 heteroatoms. The lowest BCUT2D eigenvalue weighted by Gasteiger charge is -2.30. The average molecular weight is 325 g/mol. The van der Waals surface area contributed by atoms with E-state index in [1.54, 1.807) is 19.2 Å². The minimum absolute atomic E-state index is 0.232. The molecule has 1 aromatic carbocycles. The summed E-state index contributed by atoms with van der Waals surface area (Å²) in [5.74, 6) is 0.431. The lowest BCUT2D eigenvalue weighted by atomic mass is 10.1. The maximum absolute atomic E-state index is 11.5. The van der Waals surface area contributed by atoms with Gasteiger partial charge in [-0.3, -0.25) is 4.79 Å². The molecule has 6 nitrogen and oxygen atoms in total. The number of hydrogen-bond donors (Lipinski definition) is 2. The summed E-state index contributed by atoms with van der Waals surface area (Å²) in [6.45, 7) is 2.93. The van der Waals surface area contributed by atoms with Crippen molar-refractivity contribution < 1.29 is 4.79 Å². The highest BCUT2D eigenvalue weighted by atomic mass is 16.1. The quantitative estimate of drug-likeness (QED) is 0.883. The number of carbonyl (C=O) groups excluding carboxylic acids is 1. The van der Waals surface area contributed by atoms with Gasteiger partial charge in [0.25, 0.3) is 5.91 Å². The Morgan fingerprint density at radius 1 is 1.08 bits per heavy atom. The van der Waals surface area contributed by atoms with Crippen LogP contribution in [0.4, 0.5) is 11.5 Å². The summed E-state index contributed by atoms with van der Waals surface area (Å²) in [5, 5.41) is 13.8. The van der Waals surface area contributed by atoms with Crippen LogP contribution in [0.25, 0.3) is 0 Å². The Bertz CT molecular complexity index is 680. The number of rotatable bonds is 5. The average Bonchev–Trinajstić information content (AvgIpc) is 2.67. The molecule has 1 fully saturated rings. The van der Waals surface area contributed by atoms with Crippen LogP contribution in [0.3, 0.4) is 0 Å². The summed E-state index contributed by atoms with van der Waals surface area (Å²) in [4.78, 5) is 13.9. The van der Waals surface area contributed by atoms with E-state index < -0.39 is 0 Å². The molecule has 0 bridgehead atoms. The van der Waals surface area contributed by atoms with E-state index in [1.807, 2.05) is 0 Å². The molecule has 1 saturated heterocycles. The maximum atomic E-state index is 11.5. The number of benzene rings is 1. The second kappa shape index (κ2) is 7.77. The van der Waals surface area contributed by atoms with Gasteiger partial charge in [0.2, 0.25) is 0 Å². The summed E-state index contributed by atoms with van der Waals surface area (Å²) < 4.78 is 0. The molecule has 0 radical (unpaired) electrons. The summed E-state index contributed by atoms with van der Waals surface area (Å²) in [7, 11) is 1.58. The molecule has 0 saturated carbocycles. The molecule has 2 heterocycles. The number of amides is 1. The molecule has 1 aliphatic rings. The maximum Gasteiger partial charge on any atom is 0.271 e. The number of anilines is 2.